The van der Waals surface area contributed by atoms with Crippen molar-refractivity contribution in [2.75, 3.05) is 34.8 Å². The summed E-state index contributed by atoms with van der Waals surface area (Å²) in [5.41, 5.74) is 0.903. The third kappa shape index (κ3) is 3.46. The highest BCUT2D eigenvalue weighted by Crippen LogP contribution is 2.41. The average molecular weight is 410 g/mol. The summed E-state index contributed by atoms with van der Waals surface area (Å²) in [5, 5.41) is 10.4. The van der Waals surface area contributed by atoms with E-state index >= 15 is 0 Å². The lowest BCUT2D eigenvalue weighted by atomic mass is 9.91. The van der Waals surface area contributed by atoms with E-state index in [1.165, 1.54) is 12.8 Å². The summed E-state index contributed by atoms with van der Waals surface area (Å²) < 4.78 is 0. The molecule has 0 saturated heterocycles. The van der Waals surface area contributed by atoms with Crippen molar-refractivity contribution in [1.82, 2.24) is 9.97 Å². The SMILES string of the molecule is CCN(c1ncc2c(n1)N(C1CCCC1)CC(C)(C)C(=O)N2C)c1ccccc1O. The maximum Gasteiger partial charge on any atom is 0.234 e. The molecule has 1 aromatic carbocycles. The second-order valence-corrected chi connectivity index (χ2v) is 8.93. The maximum absolute atomic E-state index is 13.1. The van der Waals surface area contributed by atoms with Crippen LogP contribution in [0.15, 0.2) is 30.5 Å². The molecule has 2 heterocycles. The second-order valence-electron chi connectivity index (χ2n) is 8.93. The van der Waals surface area contributed by atoms with E-state index in [4.69, 9.17) is 4.98 Å². The molecule has 0 atom stereocenters. The summed E-state index contributed by atoms with van der Waals surface area (Å²) in [6.07, 6.45) is 6.39. The summed E-state index contributed by atoms with van der Waals surface area (Å²) in [6, 6.07) is 7.60. The molecule has 1 fully saturated rings. The van der Waals surface area contributed by atoms with Gasteiger partial charge in [-0.15, -0.1) is 0 Å². The van der Waals surface area contributed by atoms with Gasteiger partial charge >= 0.3 is 0 Å². The predicted molar refractivity (Wildman–Crippen MR) is 120 cm³/mol. The zero-order chi connectivity index (χ0) is 21.5. The number of anilines is 4. The number of para-hydroxylation sites is 2. The highest BCUT2D eigenvalue weighted by Gasteiger charge is 2.41. The first-order chi connectivity index (χ1) is 14.3. The fourth-order valence-electron chi connectivity index (χ4n) is 4.70. The minimum absolute atomic E-state index is 0.0775. The lowest BCUT2D eigenvalue weighted by Gasteiger charge is -2.34. The Morgan fingerprint density at radius 1 is 1.23 bits per heavy atom. The molecule has 4 rings (SSSR count). The van der Waals surface area contributed by atoms with Gasteiger partial charge in [-0.3, -0.25) is 4.79 Å². The number of rotatable bonds is 4. The Balaban J connectivity index is 1.83. The van der Waals surface area contributed by atoms with Gasteiger partial charge in [-0.2, -0.15) is 4.98 Å². The van der Waals surface area contributed by atoms with E-state index < -0.39 is 5.41 Å². The van der Waals surface area contributed by atoms with Gasteiger partial charge in [0.15, 0.2) is 5.82 Å². The Morgan fingerprint density at radius 3 is 2.60 bits per heavy atom. The van der Waals surface area contributed by atoms with Crippen LogP contribution in [-0.4, -0.2) is 47.2 Å². The van der Waals surface area contributed by atoms with Gasteiger partial charge in [-0.1, -0.05) is 25.0 Å². The molecule has 1 saturated carbocycles. The van der Waals surface area contributed by atoms with Crippen molar-refractivity contribution >= 4 is 29.0 Å². The standard InChI is InChI=1S/C23H31N5O2/c1-5-27(17-12-8-9-13-19(17)29)22-24-14-18-20(25-22)28(16-10-6-7-11-16)15-23(2,3)21(30)26(18)4/h8-9,12-14,16,29H,5-7,10-11,15H2,1-4H3. The summed E-state index contributed by atoms with van der Waals surface area (Å²) in [7, 11) is 1.81. The lowest BCUT2D eigenvalue weighted by Crippen LogP contribution is -2.45. The van der Waals surface area contributed by atoms with Crippen molar-refractivity contribution < 1.29 is 9.90 Å². The number of nitrogens with zero attached hydrogens (tertiary/aromatic N) is 5. The minimum atomic E-state index is -0.514. The van der Waals surface area contributed by atoms with E-state index in [1.807, 2.05) is 44.9 Å². The molecule has 160 valence electrons. The highest BCUT2D eigenvalue weighted by atomic mass is 16.3. The molecule has 30 heavy (non-hydrogen) atoms. The van der Waals surface area contributed by atoms with Crippen LogP contribution >= 0.6 is 0 Å². The van der Waals surface area contributed by atoms with Crippen molar-refractivity contribution in [3.8, 4) is 5.75 Å². The molecule has 0 radical (unpaired) electrons. The zero-order valence-electron chi connectivity index (χ0n) is 18.3. The van der Waals surface area contributed by atoms with Gasteiger partial charge in [0.2, 0.25) is 11.9 Å². The monoisotopic (exact) mass is 409 g/mol. The number of carbonyl (C=O) groups is 1. The normalized spacial score (nSPS) is 19.0. The number of amides is 1. The van der Waals surface area contributed by atoms with Crippen LogP contribution in [0.4, 0.5) is 23.1 Å². The van der Waals surface area contributed by atoms with Crippen LogP contribution in [-0.2, 0) is 4.79 Å². The molecule has 1 amide bonds. The summed E-state index contributed by atoms with van der Waals surface area (Å²) in [5.74, 6) is 1.61. The Kier molecular flexibility index (Phi) is 5.30. The van der Waals surface area contributed by atoms with Gasteiger partial charge in [0.1, 0.15) is 11.4 Å². The summed E-state index contributed by atoms with van der Waals surface area (Å²) in [4.78, 5) is 28.6. The van der Waals surface area contributed by atoms with Crippen molar-refractivity contribution in [2.24, 2.45) is 5.41 Å². The number of aromatic hydroxyl groups is 1. The van der Waals surface area contributed by atoms with Crippen molar-refractivity contribution in [1.29, 1.82) is 0 Å². The second kappa shape index (κ2) is 7.78. The Bertz CT molecular complexity index is 939. The fraction of sp³-hybridized carbons (Fsp3) is 0.522. The largest absolute Gasteiger partial charge is 0.506 e. The molecule has 0 spiro atoms. The number of aromatic nitrogens is 2. The van der Waals surface area contributed by atoms with E-state index in [2.05, 4.69) is 9.88 Å². The number of fused-ring (bicyclic) bond motifs is 1. The van der Waals surface area contributed by atoms with Gasteiger partial charge in [0, 0.05) is 26.2 Å². The Labute approximate surface area is 178 Å². The van der Waals surface area contributed by atoms with Crippen molar-refractivity contribution in [2.45, 2.75) is 52.5 Å². The average Bonchev–Trinajstić information content (AvgIpc) is 3.25. The number of carbonyl (C=O) groups excluding carboxylic acids is 1. The van der Waals surface area contributed by atoms with E-state index in [0.29, 0.717) is 30.8 Å². The third-order valence-corrected chi connectivity index (χ3v) is 6.32. The summed E-state index contributed by atoms with van der Waals surface area (Å²) in [6.45, 7) is 7.27. The number of benzene rings is 1. The number of phenolic OH excluding ortho intramolecular Hbond substituents is 1. The topological polar surface area (TPSA) is 72.8 Å². The van der Waals surface area contributed by atoms with Crippen LogP contribution in [0.5, 0.6) is 5.75 Å². The van der Waals surface area contributed by atoms with E-state index in [-0.39, 0.29) is 11.7 Å². The minimum Gasteiger partial charge on any atom is -0.506 e. The fourth-order valence-corrected chi connectivity index (χ4v) is 4.70. The van der Waals surface area contributed by atoms with Gasteiger partial charge in [-0.25, -0.2) is 4.98 Å². The molecule has 7 heteroatoms. The molecule has 1 aliphatic heterocycles. The number of hydrogen-bond acceptors (Lipinski definition) is 6. The first-order valence-electron chi connectivity index (χ1n) is 10.8. The van der Waals surface area contributed by atoms with Crippen LogP contribution in [0.3, 0.4) is 0 Å². The lowest BCUT2D eigenvalue weighted by molar-refractivity contribution is -0.125. The molecule has 1 aromatic heterocycles. The third-order valence-electron chi connectivity index (χ3n) is 6.32. The van der Waals surface area contributed by atoms with Crippen molar-refractivity contribution in [3.05, 3.63) is 30.5 Å². The van der Waals surface area contributed by atoms with Crippen LogP contribution < -0.4 is 14.7 Å². The van der Waals surface area contributed by atoms with Gasteiger partial charge in [0.05, 0.1) is 17.3 Å². The molecule has 1 aliphatic carbocycles. The highest BCUT2D eigenvalue weighted by molar-refractivity contribution is 6.00. The molecule has 0 bridgehead atoms. The number of hydrogen-bond donors (Lipinski definition) is 1. The molecular weight excluding hydrogens is 378 g/mol. The predicted octanol–water partition coefficient (Wildman–Crippen LogP) is 4.09. The van der Waals surface area contributed by atoms with Gasteiger partial charge in [-0.05, 0) is 45.7 Å². The maximum atomic E-state index is 13.1. The smallest absolute Gasteiger partial charge is 0.234 e. The van der Waals surface area contributed by atoms with Crippen LogP contribution in [0.25, 0.3) is 0 Å². The Hall–Kier alpha value is -2.83. The van der Waals surface area contributed by atoms with Crippen LogP contribution in [0.2, 0.25) is 0 Å². The van der Waals surface area contributed by atoms with E-state index in [0.717, 1.165) is 24.3 Å². The van der Waals surface area contributed by atoms with E-state index in [1.54, 1.807) is 23.2 Å². The van der Waals surface area contributed by atoms with E-state index in [9.17, 15) is 9.90 Å². The molecule has 0 unspecified atom stereocenters. The summed E-state index contributed by atoms with van der Waals surface area (Å²) >= 11 is 0. The van der Waals surface area contributed by atoms with Gasteiger partial charge in [0.25, 0.3) is 0 Å². The van der Waals surface area contributed by atoms with Crippen LogP contribution in [0.1, 0.15) is 46.5 Å². The zero-order valence-corrected chi connectivity index (χ0v) is 18.3. The first kappa shape index (κ1) is 20.4. The quantitative estimate of drug-likeness (QED) is 0.820. The molecule has 2 aliphatic rings. The van der Waals surface area contributed by atoms with Gasteiger partial charge < -0.3 is 19.8 Å². The first-order valence-corrected chi connectivity index (χ1v) is 10.8. The number of phenols is 1. The molecule has 7 nitrogen and oxygen atoms in total. The molecule has 1 N–H and O–H groups in total. The molecular formula is C23H31N5O2. The Morgan fingerprint density at radius 2 is 1.93 bits per heavy atom. The van der Waals surface area contributed by atoms with Crippen LogP contribution in [0, 0.1) is 5.41 Å². The van der Waals surface area contributed by atoms with Crippen molar-refractivity contribution in [3.63, 3.8) is 0 Å². The molecule has 2 aromatic rings.